The van der Waals surface area contributed by atoms with Gasteiger partial charge in [-0.05, 0) is 18.6 Å². The van der Waals surface area contributed by atoms with Crippen LogP contribution in [0.5, 0.6) is 0 Å². The minimum Gasteiger partial charge on any atom is -0.411 e. The lowest BCUT2D eigenvalue weighted by Gasteiger charge is -2.09. The van der Waals surface area contributed by atoms with Gasteiger partial charge in [0.15, 0.2) is 0 Å². The molecule has 1 N–H and O–H groups in total. The van der Waals surface area contributed by atoms with Crippen molar-refractivity contribution < 1.29 is 10.0 Å². The molecule has 1 heterocycles. The fourth-order valence-corrected chi connectivity index (χ4v) is 1.94. The van der Waals surface area contributed by atoms with E-state index in [0.29, 0.717) is 5.71 Å². The number of carbonyl (C=O) groups is 1. The number of benzene rings is 1. The van der Waals surface area contributed by atoms with E-state index >= 15 is 0 Å². The molecule has 2 rings (SSSR count). The molecule has 1 aromatic rings. The van der Waals surface area contributed by atoms with Gasteiger partial charge in [-0.2, -0.15) is 0 Å². The van der Waals surface area contributed by atoms with E-state index in [4.69, 9.17) is 5.21 Å². The largest absolute Gasteiger partial charge is 0.411 e. The first-order chi connectivity index (χ1) is 7.16. The van der Waals surface area contributed by atoms with Crippen LogP contribution in [0.3, 0.4) is 0 Å². The first-order valence-corrected chi connectivity index (χ1v) is 4.72. The summed E-state index contributed by atoms with van der Waals surface area (Å²) in [7, 11) is 1.73. The molecule has 1 aromatic carbocycles. The fourth-order valence-electron chi connectivity index (χ4n) is 1.94. The third-order valence-electron chi connectivity index (χ3n) is 2.76. The van der Waals surface area contributed by atoms with E-state index in [1.807, 2.05) is 24.3 Å². The lowest BCUT2D eigenvalue weighted by Crippen LogP contribution is -2.27. The molecule has 0 aliphatic carbocycles. The molecule has 0 saturated carbocycles. The van der Waals surface area contributed by atoms with Crippen molar-refractivity contribution >= 4 is 17.3 Å². The molecule has 1 atom stereocenters. The van der Waals surface area contributed by atoms with Gasteiger partial charge in [-0.1, -0.05) is 23.4 Å². The Bertz CT molecular complexity index is 440. The number of fused-ring (bicyclic) bond motifs is 1. The number of rotatable bonds is 1. The average molecular weight is 204 g/mol. The monoisotopic (exact) mass is 204 g/mol. The minimum absolute atomic E-state index is 0.0495. The maximum atomic E-state index is 11.9. The second kappa shape index (κ2) is 3.38. The summed E-state index contributed by atoms with van der Waals surface area (Å²) in [6, 6.07) is 7.54. The summed E-state index contributed by atoms with van der Waals surface area (Å²) in [4.78, 5) is 13.5. The predicted octanol–water partition coefficient (Wildman–Crippen LogP) is 1.60. The lowest BCUT2D eigenvalue weighted by atomic mass is 9.97. The number of carbonyl (C=O) groups excluding carboxylic acids is 1. The van der Waals surface area contributed by atoms with Crippen molar-refractivity contribution in [2.45, 2.75) is 12.8 Å². The van der Waals surface area contributed by atoms with Gasteiger partial charge < -0.3 is 10.1 Å². The molecule has 78 valence electrons. The maximum absolute atomic E-state index is 11.9. The minimum atomic E-state index is -0.434. The molecule has 0 fully saturated rings. The molecule has 0 bridgehead atoms. The first-order valence-electron chi connectivity index (χ1n) is 4.72. The highest BCUT2D eigenvalue weighted by Crippen LogP contribution is 2.36. The van der Waals surface area contributed by atoms with E-state index in [9.17, 15) is 4.79 Å². The average Bonchev–Trinajstić information content (AvgIpc) is 2.52. The summed E-state index contributed by atoms with van der Waals surface area (Å²) in [5.41, 5.74) is 2.22. The molecular weight excluding hydrogens is 192 g/mol. The van der Waals surface area contributed by atoms with Crippen LogP contribution in [0.15, 0.2) is 29.4 Å². The smallest absolute Gasteiger partial charge is 0.240 e. The van der Waals surface area contributed by atoms with Crippen LogP contribution >= 0.6 is 0 Å². The van der Waals surface area contributed by atoms with Crippen LogP contribution in [0.1, 0.15) is 18.4 Å². The van der Waals surface area contributed by atoms with Gasteiger partial charge in [0.1, 0.15) is 5.92 Å². The van der Waals surface area contributed by atoms with Crippen molar-refractivity contribution in [1.29, 1.82) is 0 Å². The van der Waals surface area contributed by atoms with Crippen LogP contribution in [0.2, 0.25) is 0 Å². The second-order valence-electron chi connectivity index (χ2n) is 3.63. The third-order valence-corrected chi connectivity index (χ3v) is 2.76. The highest BCUT2D eigenvalue weighted by atomic mass is 16.4. The van der Waals surface area contributed by atoms with Crippen molar-refractivity contribution in [2.24, 2.45) is 5.16 Å². The van der Waals surface area contributed by atoms with Crippen molar-refractivity contribution in [1.82, 2.24) is 0 Å². The Morgan fingerprint density at radius 2 is 2.13 bits per heavy atom. The SMILES string of the molecule is CC(=NO)C1C(=O)N(C)c2ccccc21. The number of likely N-dealkylation sites (N-methyl/N-ethyl adjacent to an activating group) is 1. The van der Waals surface area contributed by atoms with Gasteiger partial charge in [0.05, 0.1) is 5.71 Å². The van der Waals surface area contributed by atoms with Gasteiger partial charge in [0.2, 0.25) is 5.91 Å². The quantitative estimate of drug-likeness (QED) is 0.429. The highest BCUT2D eigenvalue weighted by Gasteiger charge is 2.36. The normalized spacial score (nSPS) is 20.7. The highest BCUT2D eigenvalue weighted by molar-refractivity contribution is 6.18. The Labute approximate surface area is 87.8 Å². The number of amides is 1. The molecule has 0 spiro atoms. The third kappa shape index (κ3) is 1.29. The number of hydrogen-bond acceptors (Lipinski definition) is 3. The molecule has 0 saturated heterocycles. The van der Waals surface area contributed by atoms with Gasteiger partial charge in [0, 0.05) is 12.7 Å². The van der Waals surface area contributed by atoms with E-state index in [0.717, 1.165) is 11.3 Å². The number of nitrogens with zero attached hydrogens (tertiary/aromatic N) is 2. The van der Waals surface area contributed by atoms with E-state index in [1.165, 1.54) is 0 Å². The topological polar surface area (TPSA) is 52.9 Å². The van der Waals surface area contributed by atoms with E-state index in [-0.39, 0.29) is 5.91 Å². The Kier molecular flexibility index (Phi) is 2.19. The Balaban J connectivity index is 2.56. The van der Waals surface area contributed by atoms with Gasteiger partial charge >= 0.3 is 0 Å². The zero-order chi connectivity index (χ0) is 11.0. The molecular formula is C11H12N2O2. The molecule has 1 amide bonds. The van der Waals surface area contributed by atoms with E-state index in [2.05, 4.69) is 5.16 Å². The van der Waals surface area contributed by atoms with Gasteiger partial charge in [0.25, 0.3) is 0 Å². The zero-order valence-corrected chi connectivity index (χ0v) is 8.64. The van der Waals surface area contributed by atoms with Crippen molar-refractivity contribution in [3.8, 4) is 0 Å². The van der Waals surface area contributed by atoms with Crippen molar-refractivity contribution in [2.75, 3.05) is 11.9 Å². The summed E-state index contributed by atoms with van der Waals surface area (Å²) in [6.45, 7) is 1.65. The summed E-state index contributed by atoms with van der Waals surface area (Å²) >= 11 is 0. The van der Waals surface area contributed by atoms with Crippen LogP contribution < -0.4 is 4.90 Å². The molecule has 0 radical (unpaired) electrons. The number of anilines is 1. The number of hydrogen-bond donors (Lipinski definition) is 1. The molecule has 15 heavy (non-hydrogen) atoms. The molecule has 1 aliphatic rings. The van der Waals surface area contributed by atoms with E-state index in [1.54, 1.807) is 18.9 Å². The molecule has 1 unspecified atom stereocenters. The van der Waals surface area contributed by atoms with Crippen molar-refractivity contribution in [3.63, 3.8) is 0 Å². The molecule has 1 aliphatic heterocycles. The standard InChI is InChI=1S/C11H12N2O2/c1-7(12-15)10-8-5-3-4-6-9(8)13(2)11(10)14/h3-6,10,15H,1-2H3. The van der Waals surface area contributed by atoms with Crippen LogP contribution in [-0.4, -0.2) is 23.9 Å². The van der Waals surface area contributed by atoms with Gasteiger partial charge in [-0.15, -0.1) is 0 Å². The molecule has 4 nitrogen and oxygen atoms in total. The Morgan fingerprint density at radius 3 is 2.80 bits per heavy atom. The van der Waals surface area contributed by atoms with E-state index < -0.39 is 5.92 Å². The lowest BCUT2D eigenvalue weighted by molar-refractivity contribution is -0.117. The second-order valence-corrected chi connectivity index (χ2v) is 3.63. The van der Waals surface area contributed by atoms with Gasteiger partial charge in [-0.25, -0.2) is 0 Å². The van der Waals surface area contributed by atoms with Crippen LogP contribution in [0, 0.1) is 0 Å². The van der Waals surface area contributed by atoms with Crippen molar-refractivity contribution in [3.05, 3.63) is 29.8 Å². The number of oxime groups is 1. The Hall–Kier alpha value is -1.84. The summed E-state index contributed by atoms with van der Waals surface area (Å²) in [5, 5.41) is 11.9. The van der Waals surface area contributed by atoms with Crippen LogP contribution in [0.4, 0.5) is 5.69 Å². The summed E-state index contributed by atoms with van der Waals surface area (Å²) in [5.74, 6) is -0.484. The fraction of sp³-hybridized carbons (Fsp3) is 0.273. The predicted molar refractivity (Wildman–Crippen MR) is 57.5 cm³/mol. The number of para-hydroxylation sites is 1. The summed E-state index contributed by atoms with van der Waals surface area (Å²) < 4.78 is 0. The van der Waals surface area contributed by atoms with Gasteiger partial charge in [-0.3, -0.25) is 4.79 Å². The summed E-state index contributed by atoms with van der Waals surface area (Å²) in [6.07, 6.45) is 0. The maximum Gasteiger partial charge on any atom is 0.240 e. The Morgan fingerprint density at radius 1 is 1.47 bits per heavy atom. The first kappa shape index (κ1) is 9.71. The molecule has 4 heteroatoms. The van der Waals surface area contributed by atoms with Crippen LogP contribution in [0.25, 0.3) is 0 Å². The zero-order valence-electron chi connectivity index (χ0n) is 8.64. The molecule has 0 aromatic heterocycles. The van der Waals surface area contributed by atoms with Crippen LogP contribution in [-0.2, 0) is 4.79 Å².